The van der Waals surface area contributed by atoms with Crippen LogP contribution < -0.4 is 5.32 Å². The molecule has 1 saturated heterocycles. The zero-order valence-electron chi connectivity index (χ0n) is 17.0. The molecule has 2 amide bonds. The maximum Gasteiger partial charge on any atom is 0.317 e. The van der Waals surface area contributed by atoms with Crippen LogP contribution in [0.2, 0.25) is 0 Å². The second-order valence-electron chi connectivity index (χ2n) is 7.61. The van der Waals surface area contributed by atoms with Gasteiger partial charge in [-0.2, -0.15) is 0 Å². The predicted molar refractivity (Wildman–Crippen MR) is 111 cm³/mol. The summed E-state index contributed by atoms with van der Waals surface area (Å²) in [4.78, 5) is 30.3. The Labute approximate surface area is 171 Å². The molecule has 0 radical (unpaired) electrons. The number of amides is 2. The molecule has 2 unspecified atom stereocenters. The van der Waals surface area contributed by atoms with Crippen LogP contribution in [0.15, 0.2) is 42.7 Å². The molecular formula is C22H30N4O3. The van der Waals surface area contributed by atoms with Crippen LogP contribution in [0.5, 0.6) is 0 Å². The van der Waals surface area contributed by atoms with E-state index in [4.69, 9.17) is 5.11 Å². The van der Waals surface area contributed by atoms with Crippen LogP contribution in [-0.2, 0) is 17.6 Å². The summed E-state index contributed by atoms with van der Waals surface area (Å²) in [5.41, 5.74) is 1.09. The average molecular weight is 399 g/mol. The highest BCUT2D eigenvalue weighted by atomic mass is 16.4. The number of carboxylic acids is 1. The molecule has 1 aromatic heterocycles. The second kappa shape index (κ2) is 10.1. The summed E-state index contributed by atoms with van der Waals surface area (Å²) in [6.45, 7) is 3.45. The Morgan fingerprint density at radius 1 is 1.31 bits per heavy atom. The Hall–Kier alpha value is -2.83. The number of nitrogens with zero attached hydrogens (tertiary/aromatic N) is 3. The molecule has 1 fully saturated rings. The van der Waals surface area contributed by atoms with Gasteiger partial charge in [0.25, 0.3) is 0 Å². The Bertz CT molecular complexity index is 805. The summed E-state index contributed by atoms with van der Waals surface area (Å²) in [5.74, 6) is 0.197. The van der Waals surface area contributed by atoms with Gasteiger partial charge in [0.05, 0.1) is 6.04 Å². The zero-order valence-corrected chi connectivity index (χ0v) is 17.0. The van der Waals surface area contributed by atoms with Gasteiger partial charge in [0.15, 0.2) is 0 Å². The number of benzene rings is 1. The number of nitrogens with one attached hydrogen (secondary N) is 1. The number of piperidine rings is 1. The molecule has 2 N–H and O–H groups in total. The lowest BCUT2D eigenvalue weighted by atomic mass is 10.0. The molecule has 29 heavy (non-hydrogen) atoms. The fourth-order valence-electron chi connectivity index (χ4n) is 4.00. The van der Waals surface area contributed by atoms with Crippen LogP contribution in [0.3, 0.4) is 0 Å². The lowest BCUT2D eigenvalue weighted by Gasteiger charge is -2.35. The van der Waals surface area contributed by atoms with Crippen LogP contribution in [-0.4, -0.2) is 50.7 Å². The van der Waals surface area contributed by atoms with Crippen molar-refractivity contribution in [1.82, 2.24) is 19.8 Å². The van der Waals surface area contributed by atoms with Crippen molar-refractivity contribution in [3.63, 3.8) is 0 Å². The molecular weight excluding hydrogens is 368 g/mol. The molecule has 2 heterocycles. The van der Waals surface area contributed by atoms with E-state index < -0.39 is 5.97 Å². The molecule has 0 spiro atoms. The van der Waals surface area contributed by atoms with Gasteiger partial charge in [0.1, 0.15) is 5.82 Å². The van der Waals surface area contributed by atoms with E-state index in [9.17, 15) is 9.59 Å². The highest BCUT2D eigenvalue weighted by Crippen LogP contribution is 2.23. The molecule has 0 bridgehead atoms. The van der Waals surface area contributed by atoms with Gasteiger partial charge in [-0.05, 0) is 31.2 Å². The van der Waals surface area contributed by atoms with Gasteiger partial charge in [-0.3, -0.25) is 4.79 Å². The van der Waals surface area contributed by atoms with Crippen molar-refractivity contribution in [2.45, 2.75) is 57.5 Å². The first-order valence-corrected chi connectivity index (χ1v) is 10.4. The minimum absolute atomic E-state index is 0.0370. The maximum absolute atomic E-state index is 13.0. The largest absolute Gasteiger partial charge is 0.481 e. The van der Waals surface area contributed by atoms with E-state index in [1.165, 1.54) is 0 Å². The lowest BCUT2D eigenvalue weighted by Crippen LogP contribution is -2.49. The summed E-state index contributed by atoms with van der Waals surface area (Å²) in [6, 6.07) is 9.78. The van der Waals surface area contributed by atoms with Crippen molar-refractivity contribution in [1.29, 1.82) is 0 Å². The number of aryl methyl sites for hydroxylation is 1. The number of carbonyl (C=O) groups excluding carboxylic acids is 1. The fourth-order valence-corrected chi connectivity index (χ4v) is 4.00. The minimum atomic E-state index is -0.845. The van der Waals surface area contributed by atoms with E-state index in [0.717, 1.165) is 37.2 Å². The molecule has 0 saturated carbocycles. The molecule has 1 aromatic carbocycles. The van der Waals surface area contributed by atoms with E-state index in [-0.39, 0.29) is 24.5 Å². The van der Waals surface area contributed by atoms with Gasteiger partial charge >= 0.3 is 12.0 Å². The molecule has 1 aliphatic rings. The molecule has 1 aliphatic heterocycles. The average Bonchev–Trinajstić information content (AvgIpc) is 3.22. The summed E-state index contributed by atoms with van der Waals surface area (Å²) in [7, 11) is 0. The monoisotopic (exact) mass is 398 g/mol. The third kappa shape index (κ3) is 5.82. The third-order valence-corrected chi connectivity index (χ3v) is 5.50. The maximum atomic E-state index is 13.0. The van der Waals surface area contributed by atoms with Crippen molar-refractivity contribution >= 4 is 12.0 Å². The van der Waals surface area contributed by atoms with Gasteiger partial charge in [-0.1, -0.05) is 37.3 Å². The van der Waals surface area contributed by atoms with Gasteiger partial charge < -0.3 is 19.9 Å². The van der Waals surface area contributed by atoms with Crippen molar-refractivity contribution < 1.29 is 14.7 Å². The number of likely N-dealkylation sites (tertiary alicyclic amines) is 1. The number of carbonyl (C=O) groups is 2. The van der Waals surface area contributed by atoms with Crippen LogP contribution in [0.25, 0.3) is 0 Å². The normalized spacial score (nSPS) is 17.7. The first-order valence-electron chi connectivity index (χ1n) is 10.4. The molecule has 0 aliphatic carbocycles. The van der Waals surface area contributed by atoms with E-state index in [1.54, 1.807) is 0 Å². The number of aliphatic carboxylic acids is 1. The summed E-state index contributed by atoms with van der Waals surface area (Å²) < 4.78 is 2.19. The molecule has 7 heteroatoms. The number of carboxylic acid groups (broad SMARTS) is 1. The van der Waals surface area contributed by atoms with E-state index >= 15 is 0 Å². The van der Waals surface area contributed by atoms with Gasteiger partial charge in [-0.15, -0.1) is 0 Å². The summed E-state index contributed by atoms with van der Waals surface area (Å²) >= 11 is 0. The molecule has 2 atom stereocenters. The minimum Gasteiger partial charge on any atom is -0.481 e. The highest BCUT2D eigenvalue weighted by molar-refractivity contribution is 5.75. The second-order valence-corrected chi connectivity index (χ2v) is 7.61. The first-order chi connectivity index (χ1) is 14.1. The predicted octanol–water partition coefficient (Wildman–Crippen LogP) is 3.27. The number of imidazole rings is 1. The first kappa shape index (κ1) is 20.9. The summed E-state index contributed by atoms with van der Waals surface area (Å²) in [6.07, 6.45) is 7.72. The smallest absolute Gasteiger partial charge is 0.317 e. The number of urea groups is 1. The van der Waals surface area contributed by atoms with Gasteiger partial charge in [-0.25, -0.2) is 9.78 Å². The lowest BCUT2D eigenvalue weighted by molar-refractivity contribution is -0.137. The Kier molecular flexibility index (Phi) is 7.27. The standard InChI is InChI=1S/C22H30N4O3/c1-2-20-23-12-14-26(20)19-9-6-13-25(16-19)22(29)24-18(10-11-21(27)28)15-17-7-4-3-5-8-17/h3-5,7-8,12,14,18-19H,2,6,9-11,13,15-16H2,1H3,(H,24,29)(H,27,28). The van der Waals surface area contributed by atoms with E-state index in [1.807, 2.05) is 47.6 Å². The van der Waals surface area contributed by atoms with Gasteiger partial charge in [0, 0.05) is 44.4 Å². The molecule has 2 aromatic rings. The van der Waals surface area contributed by atoms with E-state index in [2.05, 4.69) is 21.8 Å². The van der Waals surface area contributed by atoms with E-state index in [0.29, 0.717) is 19.4 Å². The quantitative estimate of drug-likeness (QED) is 0.714. The van der Waals surface area contributed by atoms with Crippen molar-refractivity contribution in [2.24, 2.45) is 0 Å². The topological polar surface area (TPSA) is 87.5 Å². The Morgan fingerprint density at radius 2 is 2.10 bits per heavy atom. The SMILES string of the molecule is CCc1nccn1C1CCCN(C(=O)NC(CCC(=O)O)Cc2ccccc2)C1. The van der Waals surface area contributed by atoms with Crippen LogP contribution in [0, 0.1) is 0 Å². The van der Waals surface area contributed by atoms with Crippen LogP contribution in [0.4, 0.5) is 4.79 Å². The highest BCUT2D eigenvalue weighted by Gasteiger charge is 2.27. The Morgan fingerprint density at radius 3 is 2.83 bits per heavy atom. The molecule has 156 valence electrons. The number of hydrogen-bond acceptors (Lipinski definition) is 3. The summed E-state index contributed by atoms with van der Waals surface area (Å²) in [5, 5.41) is 12.2. The number of hydrogen-bond donors (Lipinski definition) is 2. The fraction of sp³-hybridized carbons (Fsp3) is 0.500. The van der Waals surface area contributed by atoms with Crippen LogP contribution >= 0.6 is 0 Å². The van der Waals surface area contributed by atoms with Crippen molar-refractivity contribution in [3.8, 4) is 0 Å². The zero-order chi connectivity index (χ0) is 20.6. The van der Waals surface area contributed by atoms with Crippen molar-refractivity contribution in [2.75, 3.05) is 13.1 Å². The third-order valence-electron chi connectivity index (χ3n) is 5.50. The molecule has 7 nitrogen and oxygen atoms in total. The van der Waals surface area contributed by atoms with Crippen molar-refractivity contribution in [3.05, 3.63) is 54.1 Å². The van der Waals surface area contributed by atoms with Gasteiger partial charge in [0.2, 0.25) is 0 Å². The Balaban J connectivity index is 1.63. The number of rotatable bonds is 8. The number of aromatic nitrogens is 2. The molecule has 3 rings (SSSR count). The van der Waals surface area contributed by atoms with Crippen LogP contribution in [0.1, 0.15) is 50.0 Å².